The Bertz CT molecular complexity index is 469. The molecule has 0 spiro atoms. The maximum Gasteiger partial charge on any atom is 0.272 e. The summed E-state index contributed by atoms with van der Waals surface area (Å²) in [6.45, 7) is 0.724. The van der Waals surface area contributed by atoms with Crippen LogP contribution in [0.3, 0.4) is 0 Å². The number of benzene rings is 1. The molecule has 0 saturated carbocycles. The Balaban J connectivity index is 1.83. The van der Waals surface area contributed by atoms with Crippen LogP contribution in [-0.2, 0) is 17.2 Å². The predicted octanol–water partition coefficient (Wildman–Crippen LogP) is 1.64. The second kappa shape index (κ2) is 6.77. The Morgan fingerprint density at radius 1 is 1.32 bits per heavy atom. The quantitative estimate of drug-likeness (QED) is 0.658. The van der Waals surface area contributed by atoms with Crippen molar-refractivity contribution in [3.8, 4) is 0 Å². The molecule has 1 N–H and O–H groups in total. The van der Waals surface area contributed by atoms with E-state index < -0.39 is 10.8 Å². The lowest BCUT2D eigenvalue weighted by Gasteiger charge is -2.22. The third-order valence-corrected chi connectivity index (χ3v) is 4.79. The largest absolute Gasteiger partial charge is 0.314 e. The van der Waals surface area contributed by atoms with Crippen molar-refractivity contribution in [2.24, 2.45) is 0 Å². The number of nitro groups is 1. The van der Waals surface area contributed by atoms with Crippen molar-refractivity contribution in [1.29, 1.82) is 0 Å². The molecule has 0 radical (unpaired) electrons. The van der Waals surface area contributed by atoms with Crippen LogP contribution in [0.25, 0.3) is 0 Å². The number of nitrogens with zero attached hydrogens (tertiary/aromatic N) is 1. The first-order valence-corrected chi connectivity index (χ1v) is 7.96. The Morgan fingerprint density at radius 3 is 2.68 bits per heavy atom. The van der Waals surface area contributed by atoms with E-state index >= 15 is 0 Å². The first-order chi connectivity index (χ1) is 9.16. The molecule has 0 amide bonds. The second-order valence-electron chi connectivity index (χ2n) is 4.71. The van der Waals surface area contributed by atoms with Gasteiger partial charge in [0.05, 0.1) is 4.92 Å². The first kappa shape index (κ1) is 14.1. The van der Waals surface area contributed by atoms with Crippen molar-refractivity contribution < 1.29 is 9.13 Å². The highest BCUT2D eigenvalue weighted by molar-refractivity contribution is 7.85. The van der Waals surface area contributed by atoms with Gasteiger partial charge < -0.3 is 5.32 Å². The SMILES string of the molecule is O=[N+]([O-])c1ccccc1CCNC1CCS(=O)CC1. The van der Waals surface area contributed by atoms with Crippen molar-refractivity contribution in [3.63, 3.8) is 0 Å². The summed E-state index contributed by atoms with van der Waals surface area (Å²) in [5.74, 6) is 1.53. The number of nitro benzene ring substituents is 1. The molecule has 0 atom stereocenters. The van der Waals surface area contributed by atoms with E-state index in [0.717, 1.165) is 36.5 Å². The van der Waals surface area contributed by atoms with E-state index in [9.17, 15) is 14.3 Å². The predicted molar refractivity (Wildman–Crippen MR) is 75.7 cm³/mol. The zero-order chi connectivity index (χ0) is 13.7. The topological polar surface area (TPSA) is 72.2 Å². The number of para-hydroxylation sites is 1. The van der Waals surface area contributed by atoms with Crippen LogP contribution < -0.4 is 5.32 Å². The average Bonchev–Trinajstić information content (AvgIpc) is 2.41. The molecule has 1 aromatic carbocycles. The van der Waals surface area contributed by atoms with E-state index in [-0.39, 0.29) is 10.6 Å². The van der Waals surface area contributed by atoms with Crippen LogP contribution in [0, 0.1) is 10.1 Å². The maximum atomic E-state index is 11.2. The highest BCUT2D eigenvalue weighted by atomic mass is 32.2. The highest BCUT2D eigenvalue weighted by Crippen LogP contribution is 2.18. The molecule has 1 heterocycles. The van der Waals surface area contributed by atoms with Crippen LogP contribution in [0.4, 0.5) is 5.69 Å². The van der Waals surface area contributed by atoms with Crippen LogP contribution in [0.2, 0.25) is 0 Å². The Kier molecular flexibility index (Phi) is 5.04. The van der Waals surface area contributed by atoms with Crippen LogP contribution >= 0.6 is 0 Å². The lowest BCUT2D eigenvalue weighted by molar-refractivity contribution is -0.385. The standard InChI is InChI=1S/C13H18N2O3S/c16-15(17)13-4-2-1-3-11(13)5-8-14-12-6-9-19(18)10-7-12/h1-4,12,14H,5-10H2. The fraction of sp³-hybridized carbons (Fsp3) is 0.538. The molecule has 5 nitrogen and oxygen atoms in total. The molecule has 104 valence electrons. The normalized spacial score (nSPS) is 23.2. The number of hydrogen-bond acceptors (Lipinski definition) is 4. The highest BCUT2D eigenvalue weighted by Gasteiger charge is 2.17. The van der Waals surface area contributed by atoms with E-state index in [4.69, 9.17) is 0 Å². The van der Waals surface area contributed by atoms with Crippen molar-refractivity contribution in [1.82, 2.24) is 5.32 Å². The van der Waals surface area contributed by atoms with Gasteiger partial charge >= 0.3 is 0 Å². The molecule has 1 aromatic rings. The lowest BCUT2D eigenvalue weighted by Crippen LogP contribution is -2.36. The van der Waals surface area contributed by atoms with Gasteiger partial charge in [-0.2, -0.15) is 0 Å². The Morgan fingerprint density at radius 2 is 2.00 bits per heavy atom. The number of rotatable bonds is 5. The van der Waals surface area contributed by atoms with Gasteiger partial charge in [0.2, 0.25) is 0 Å². The van der Waals surface area contributed by atoms with E-state index in [1.807, 2.05) is 6.07 Å². The van der Waals surface area contributed by atoms with Crippen molar-refractivity contribution in [3.05, 3.63) is 39.9 Å². The van der Waals surface area contributed by atoms with E-state index in [2.05, 4.69) is 5.32 Å². The molecular weight excluding hydrogens is 264 g/mol. The summed E-state index contributed by atoms with van der Waals surface area (Å²) in [6, 6.07) is 7.26. The minimum absolute atomic E-state index is 0.189. The summed E-state index contributed by atoms with van der Waals surface area (Å²) >= 11 is 0. The van der Waals surface area contributed by atoms with Gasteiger partial charge in [0.1, 0.15) is 0 Å². The number of nitrogens with one attached hydrogen (secondary N) is 1. The average molecular weight is 282 g/mol. The molecule has 1 saturated heterocycles. The minimum atomic E-state index is -0.642. The summed E-state index contributed by atoms with van der Waals surface area (Å²) in [6.07, 6.45) is 2.52. The summed E-state index contributed by atoms with van der Waals surface area (Å²) in [7, 11) is -0.642. The second-order valence-corrected chi connectivity index (χ2v) is 6.41. The molecule has 6 heteroatoms. The van der Waals surface area contributed by atoms with Crippen molar-refractivity contribution in [2.45, 2.75) is 25.3 Å². The Hall–Kier alpha value is -1.27. The molecule has 1 aliphatic rings. The summed E-state index contributed by atoms with van der Waals surface area (Å²) in [5.41, 5.74) is 0.952. The third-order valence-electron chi connectivity index (χ3n) is 3.40. The van der Waals surface area contributed by atoms with Gasteiger partial charge in [-0.05, 0) is 25.8 Å². The van der Waals surface area contributed by atoms with Crippen molar-refractivity contribution in [2.75, 3.05) is 18.1 Å². The summed E-state index contributed by atoms with van der Waals surface area (Å²) in [5, 5.41) is 14.3. The molecule has 0 aromatic heterocycles. The fourth-order valence-electron chi connectivity index (χ4n) is 2.31. The van der Waals surface area contributed by atoms with Gasteiger partial charge in [0.15, 0.2) is 0 Å². The van der Waals surface area contributed by atoms with Gasteiger partial charge in [-0.15, -0.1) is 0 Å². The van der Waals surface area contributed by atoms with Gasteiger partial charge in [-0.25, -0.2) is 0 Å². The lowest BCUT2D eigenvalue weighted by atomic mass is 10.1. The van der Waals surface area contributed by atoms with Gasteiger partial charge in [0, 0.05) is 40.0 Å². The first-order valence-electron chi connectivity index (χ1n) is 6.47. The third kappa shape index (κ3) is 4.11. The van der Waals surface area contributed by atoms with Gasteiger partial charge in [0.25, 0.3) is 5.69 Å². The van der Waals surface area contributed by atoms with E-state index in [0.29, 0.717) is 12.5 Å². The molecule has 0 unspecified atom stereocenters. The molecule has 0 bridgehead atoms. The van der Waals surface area contributed by atoms with Gasteiger partial charge in [-0.3, -0.25) is 14.3 Å². The molecule has 19 heavy (non-hydrogen) atoms. The van der Waals surface area contributed by atoms with Crippen LogP contribution in [0.15, 0.2) is 24.3 Å². The molecule has 1 fully saturated rings. The summed E-state index contributed by atoms with van der Waals surface area (Å²) < 4.78 is 11.2. The Labute approximate surface area is 115 Å². The molecule has 1 aliphatic heterocycles. The summed E-state index contributed by atoms with van der Waals surface area (Å²) in [4.78, 5) is 10.5. The number of hydrogen-bond donors (Lipinski definition) is 1. The van der Waals surface area contributed by atoms with Crippen LogP contribution in [-0.4, -0.2) is 33.2 Å². The van der Waals surface area contributed by atoms with E-state index in [1.54, 1.807) is 18.2 Å². The maximum absolute atomic E-state index is 11.2. The molecular formula is C13H18N2O3S. The smallest absolute Gasteiger partial charge is 0.272 e. The zero-order valence-electron chi connectivity index (χ0n) is 10.7. The molecule has 0 aliphatic carbocycles. The molecule has 2 rings (SSSR count). The fourth-order valence-corrected chi connectivity index (χ4v) is 3.61. The van der Waals surface area contributed by atoms with Crippen LogP contribution in [0.5, 0.6) is 0 Å². The van der Waals surface area contributed by atoms with Gasteiger partial charge in [-0.1, -0.05) is 18.2 Å². The van der Waals surface area contributed by atoms with Crippen LogP contribution in [0.1, 0.15) is 18.4 Å². The minimum Gasteiger partial charge on any atom is -0.314 e. The van der Waals surface area contributed by atoms with E-state index in [1.165, 1.54) is 0 Å². The monoisotopic (exact) mass is 282 g/mol. The van der Waals surface area contributed by atoms with Crippen molar-refractivity contribution >= 4 is 16.5 Å². The zero-order valence-corrected chi connectivity index (χ0v) is 11.5.